The molecule has 7 nitrogen and oxygen atoms in total. The molecule has 1 atom stereocenters. The maximum absolute atomic E-state index is 12.9. The predicted molar refractivity (Wildman–Crippen MR) is 128 cm³/mol. The van der Waals surface area contributed by atoms with Gasteiger partial charge in [-0.1, -0.05) is 24.3 Å². The Bertz CT molecular complexity index is 1370. The van der Waals surface area contributed by atoms with Crippen molar-refractivity contribution in [1.82, 2.24) is 9.55 Å². The van der Waals surface area contributed by atoms with E-state index in [-0.39, 0.29) is 18.4 Å². The molecule has 0 unspecified atom stereocenters. The fourth-order valence-electron chi connectivity index (χ4n) is 3.53. The molecule has 2 aromatic heterocycles. The zero-order valence-corrected chi connectivity index (χ0v) is 19.9. The number of aromatic nitrogens is 2. The maximum atomic E-state index is 12.9. The van der Waals surface area contributed by atoms with E-state index < -0.39 is 17.1 Å². The molecule has 0 aliphatic heterocycles. The minimum absolute atomic E-state index is 0.146. The Labute approximate surface area is 193 Å². The summed E-state index contributed by atoms with van der Waals surface area (Å²) in [7, 11) is 0. The summed E-state index contributed by atoms with van der Waals surface area (Å²) in [5, 5.41) is 5.23. The van der Waals surface area contributed by atoms with E-state index in [2.05, 4.69) is 32.3 Å². The van der Waals surface area contributed by atoms with Crippen molar-refractivity contribution in [3.63, 3.8) is 0 Å². The van der Waals surface area contributed by atoms with Crippen LogP contribution in [0.1, 0.15) is 39.3 Å². The van der Waals surface area contributed by atoms with Crippen molar-refractivity contribution >= 4 is 49.7 Å². The van der Waals surface area contributed by atoms with Crippen molar-refractivity contribution < 1.29 is 13.9 Å². The van der Waals surface area contributed by atoms with E-state index in [1.807, 2.05) is 43.3 Å². The molecule has 2 aromatic carbocycles. The van der Waals surface area contributed by atoms with Crippen LogP contribution >= 0.6 is 15.9 Å². The number of rotatable bonds is 5. The fourth-order valence-corrected chi connectivity index (χ4v) is 3.96. The first-order valence-electron chi connectivity index (χ1n) is 10.3. The molecule has 1 N–H and O–H groups in total. The van der Waals surface area contributed by atoms with Crippen LogP contribution in [0.5, 0.6) is 0 Å². The number of fused-ring (bicyclic) bond motifs is 3. The van der Waals surface area contributed by atoms with Crippen molar-refractivity contribution in [2.45, 2.75) is 45.9 Å². The van der Waals surface area contributed by atoms with Crippen LogP contribution in [0.4, 0.5) is 5.82 Å². The molecule has 166 valence electrons. The number of esters is 1. The molecular formula is C24H24BrN3O4. The second-order valence-electron chi connectivity index (χ2n) is 8.65. The van der Waals surface area contributed by atoms with E-state index in [0.717, 1.165) is 27.5 Å². The number of carbonyl (C=O) groups is 1. The number of hydrogen-bond acceptors (Lipinski definition) is 6. The standard InChI is InChI=1S/C24H24BrN3O4/c1-14(15-9-10-19-17(11-15)16-7-5-6-8-18(16)31-19)26-22-23(30)28(12-20(25)27-22)13-21(29)32-24(2,3)4/h5-12,14H,13H2,1-4H3,(H,26,27)/t14-/m1/s1. The lowest BCUT2D eigenvalue weighted by Crippen LogP contribution is -2.32. The highest BCUT2D eigenvalue weighted by molar-refractivity contribution is 9.10. The molecule has 0 aliphatic carbocycles. The normalized spacial score (nSPS) is 12.8. The molecule has 8 heteroatoms. The number of para-hydroxylation sites is 1. The summed E-state index contributed by atoms with van der Waals surface area (Å²) in [5.41, 5.74) is 1.59. The van der Waals surface area contributed by atoms with Crippen LogP contribution < -0.4 is 10.9 Å². The summed E-state index contributed by atoms with van der Waals surface area (Å²) in [4.78, 5) is 29.4. The molecule has 0 fully saturated rings. The zero-order chi connectivity index (χ0) is 23.0. The monoisotopic (exact) mass is 497 g/mol. The van der Waals surface area contributed by atoms with Gasteiger partial charge >= 0.3 is 5.97 Å². The Morgan fingerprint density at radius 3 is 2.66 bits per heavy atom. The quantitative estimate of drug-likeness (QED) is 0.370. The molecule has 0 aliphatic rings. The number of nitrogens with zero attached hydrogens (tertiary/aromatic N) is 2. The highest BCUT2D eigenvalue weighted by Gasteiger charge is 2.19. The van der Waals surface area contributed by atoms with E-state index in [1.165, 1.54) is 10.8 Å². The summed E-state index contributed by atoms with van der Waals surface area (Å²) in [6, 6.07) is 13.6. The zero-order valence-electron chi connectivity index (χ0n) is 18.3. The minimum atomic E-state index is -0.629. The van der Waals surface area contributed by atoms with Gasteiger partial charge in [-0.05, 0) is 67.4 Å². The van der Waals surface area contributed by atoms with Gasteiger partial charge in [0.2, 0.25) is 0 Å². The molecule has 0 bridgehead atoms. The lowest BCUT2D eigenvalue weighted by molar-refractivity contribution is -0.155. The third-order valence-electron chi connectivity index (χ3n) is 4.92. The van der Waals surface area contributed by atoms with Gasteiger partial charge in [0.15, 0.2) is 5.82 Å². The predicted octanol–water partition coefficient (Wildman–Crippen LogP) is 5.42. The van der Waals surface area contributed by atoms with Gasteiger partial charge in [0, 0.05) is 17.0 Å². The van der Waals surface area contributed by atoms with Crippen molar-refractivity contribution in [1.29, 1.82) is 0 Å². The highest BCUT2D eigenvalue weighted by Crippen LogP contribution is 2.31. The van der Waals surface area contributed by atoms with Gasteiger partial charge < -0.3 is 14.5 Å². The topological polar surface area (TPSA) is 86.4 Å². The molecule has 0 radical (unpaired) electrons. The van der Waals surface area contributed by atoms with Crippen LogP contribution in [0.2, 0.25) is 0 Å². The molecule has 2 heterocycles. The Kier molecular flexibility index (Phi) is 5.81. The van der Waals surface area contributed by atoms with E-state index in [0.29, 0.717) is 4.60 Å². The SMILES string of the molecule is C[C@@H](Nc1nc(Br)cn(CC(=O)OC(C)(C)C)c1=O)c1ccc2oc3ccccc3c2c1. The van der Waals surface area contributed by atoms with Gasteiger partial charge in [-0.2, -0.15) is 0 Å². The number of furan rings is 1. The second kappa shape index (κ2) is 8.43. The molecule has 0 spiro atoms. The molecular weight excluding hydrogens is 474 g/mol. The number of halogens is 1. The molecule has 0 saturated carbocycles. The molecule has 0 saturated heterocycles. The third-order valence-corrected chi connectivity index (χ3v) is 5.30. The average molecular weight is 498 g/mol. The van der Waals surface area contributed by atoms with E-state index in [4.69, 9.17) is 9.15 Å². The number of hydrogen-bond donors (Lipinski definition) is 1. The lowest BCUT2D eigenvalue weighted by atomic mass is 10.0. The summed E-state index contributed by atoms with van der Waals surface area (Å²) in [6.07, 6.45) is 1.48. The summed E-state index contributed by atoms with van der Waals surface area (Å²) < 4.78 is 12.9. The number of benzene rings is 2. The molecule has 0 amide bonds. The maximum Gasteiger partial charge on any atom is 0.326 e. The smallest absolute Gasteiger partial charge is 0.326 e. The van der Waals surface area contributed by atoms with Crippen molar-refractivity contribution in [2.24, 2.45) is 0 Å². The van der Waals surface area contributed by atoms with Gasteiger partial charge in [-0.15, -0.1) is 0 Å². The number of anilines is 1. The fraction of sp³-hybridized carbons (Fsp3) is 0.292. The largest absolute Gasteiger partial charge is 0.459 e. The molecule has 4 rings (SSSR count). The van der Waals surface area contributed by atoms with Crippen molar-refractivity contribution in [3.8, 4) is 0 Å². The number of ether oxygens (including phenoxy) is 1. The number of nitrogens with one attached hydrogen (secondary N) is 1. The van der Waals surface area contributed by atoms with Gasteiger partial charge in [0.1, 0.15) is 27.9 Å². The van der Waals surface area contributed by atoms with E-state index in [9.17, 15) is 9.59 Å². The van der Waals surface area contributed by atoms with Crippen molar-refractivity contribution in [3.05, 3.63) is 69.2 Å². The van der Waals surface area contributed by atoms with Gasteiger partial charge in [-0.25, -0.2) is 4.98 Å². The van der Waals surface area contributed by atoms with E-state index >= 15 is 0 Å². The first kappa shape index (κ1) is 22.1. The molecule has 32 heavy (non-hydrogen) atoms. The Hall–Kier alpha value is -3.13. The third kappa shape index (κ3) is 4.70. The first-order valence-corrected chi connectivity index (χ1v) is 11.1. The first-order chi connectivity index (χ1) is 15.1. The van der Waals surface area contributed by atoms with Crippen LogP contribution in [0.25, 0.3) is 21.9 Å². The van der Waals surface area contributed by atoms with Crippen LogP contribution in [0.15, 0.2) is 62.5 Å². The summed E-state index contributed by atoms with van der Waals surface area (Å²) in [5.74, 6) is -0.346. The highest BCUT2D eigenvalue weighted by atomic mass is 79.9. The Morgan fingerprint density at radius 1 is 1.19 bits per heavy atom. The van der Waals surface area contributed by atoms with Crippen LogP contribution in [0, 0.1) is 0 Å². The van der Waals surface area contributed by atoms with Gasteiger partial charge in [0.05, 0.1) is 6.04 Å². The average Bonchev–Trinajstić information content (AvgIpc) is 3.07. The summed E-state index contributed by atoms with van der Waals surface area (Å²) >= 11 is 3.32. The summed E-state index contributed by atoms with van der Waals surface area (Å²) in [6.45, 7) is 7.09. The van der Waals surface area contributed by atoms with Crippen LogP contribution in [0.3, 0.4) is 0 Å². The van der Waals surface area contributed by atoms with Gasteiger partial charge in [-0.3, -0.25) is 14.2 Å². The Balaban J connectivity index is 1.61. The van der Waals surface area contributed by atoms with Gasteiger partial charge in [0.25, 0.3) is 5.56 Å². The molecule has 4 aromatic rings. The Morgan fingerprint density at radius 2 is 1.91 bits per heavy atom. The van der Waals surface area contributed by atoms with E-state index in [1.54, 1.807) is 20.8 Å². The number of carbonyl (C=O) groups excluding carboxylic acids is 1. The minimum Gasteiger partial charge on any atom is -0.459 e. The van der Waals surface area contributed by atoms with Crippen LogP contribution in [-0.2, 0) is 16.1 Å². The van der Waals surface area contributed by atoms with Crippen LogP contribution in [-0.4, -0.2) is 21.1 Å². The second-order valence-corrected chi connectivity index (χ2v) is 9.46. The lowest BCUT2D eigenvalue weighted by Gasteiger charge is -2.20. The van der Waals surface area contributed by atoms with Crippen molar-refractivity contribution in [2.75, 3.05) is 5.32 Å².